The Morgan fingerprint density at radius 2 is 2.25 bits per heavy atom. The lowest BCUT2D eigenvalue weighted by Crippen LogP contribution is -2.08. The Morgan fingerprint density at radius 1 is 1.40 bits per heavy atom. The van der Waals surface area contributed by atoms with Crippen LogP contribution in [0.4, 0.5) is 10.8 Å². The van der Waals surface area contributed by atoms with E-state index in [1.807, 2.05) is 6.07 Å². The maximum Gasteiger partial charge on any atom is 0.187 e. The van der Waals surface area contributed by atoms with Gasteiger partial charge in [0, 0.05) is 12.1 Å². The molecular formula is C14H14Cl2N2OS. The summed E-state index contributed by atoms with van der Waals surface area (Å²) >= 11 is 13.7. The molecule has 2 aromatic rings. The first-order valence-corrected chi connectivity index (χ1v) is 7.99. The van der Waals surface area contributed by atoms with E-state index >= 15 is 0 Å². The Bertz CT molecular complexity index is 630. The molecule has 1 aliphatic rings. The second-order valence-electron chi connectivity index (χ2n) is 4.70. The SMILES string of the molecule is COC1CCCc2nc(Nc3ccc(Cl)cc3Cl)sc21. The van der Waals surface area contributed by atoms with E-state index in [0.29, 0.717) is 10.0 Å². The fourth-order valence-corrected chi connectivity index (χ4v) is 3.96. The average molecular weight is 329 g/mol. The minimum absolute atomic E-state index is 0.174. The van der Waals surface area contributed by atoms with Crippen molar-refractivity contribution in [3.63, 3.8) is 0 Å². The van der Waals surface area contributed by atoms with Crippen LogP contribution >= 0.6 is 34.5 Å². The highest BCUT2D eigenvalue weighted by Gasteiger charge is 2.24. The summed E-state index contributed by atoms with van der Waals surface area (Å²) in [7, 11) is 1.75. The second kappa shape index (κ2) is 5.90. The predicted octanol–water partition coefficient (Wildman–Crippen LogP) is 5.22. The molecule has 0 fully saturated rings. The third-order valence-corrected chi connectivity index (χ3v) is 5.01. The molecule has 20 heavy (non-hydrogen) atoms. The van der Waals surface area contributed by atoms with Gasteiger partial charge in [0.1, 0.15) is 0 Å². The first-order valence-electron chi connectivity index (χ1n) is 6.42. The minimum Gasteiger partial charge on any atom is -0.376 e. The molecule has 0 aliphatic heterocycles. The predicted molar refractivity (Wildman–Crippen MR) is 84.5 cm³/mol. The number of anilines is 2. The lowest BCUT2D eigenvalue weighted by Gasteiger charge is -2.18. The number of aryl methyl sites for hydroxylation is 1. The van der Waals surface area contributed by atoms with Gasteiger partial charge in [-0.3, -0.25) is 0 Å². The van der Waals surface area contributed by atoms with Gasteiger partial charge in [0.2, 0.25) is 0 Å². The Balaban J connectivity index is 1.87. The zero-order valence-electron chi connectivity index (χ0n) is 11.0. The highest BCUT2D eigenvalue weighted by molar-refractivity contribution is 7.15. The van der Waals surface area contributed by atoms with Gasteiger partial charge in [0.05, 0.1) is 27.4 Å². The normalized spacial score (nSPS) is 17.9. The van der Waals surface area contributed by atoms with Crippen molar-refractivity contribution in [1.82, 2.24) is 4.98 Å². The number of aromatic nitrogens is 1. The summed E-state index contributed by atoms with van der Waals surface area (Å²) in [6, 6.07) is 5.39. The first kappa shape index (κ1) is 14.1. The first-order chi connectivity index (χ1) is 9.67. The monoisotopic (exact) mass is 328 g/mol. The molecule has 1 atom stereocenters. The lowest BCUT2D eigenvalue weighted by atomic mass is 10.0. The molecule has 0 saturated carbocycles. The van der Waals surface area contributed by atoms with Crippen LogP contribution in [0.15, 0.2) is 18.2 Å². The lowest BCUT2D eigenvalue weighted by molar-refractivity contribution is 0.0908. The van der Waals surface area contributed by atoms with E-state index in [9.17, 15) is 0 Å². The van der Waals surface area contributed by atoms with Gasteiger partial charge in [0.25, 0.3) is 0 Å². The molecule has 1 aromatic heterocycles. The standard InChI is InChI=1S/C14H14Cl2N2OS/c1-19-12-4-2-3-11-13(12)20-14(18-11)17-10-6-5-8(15)7-9(10)16/h5-7,12H,2-4H2,1H3,(H,17,18). The van der Waals surface area contributed by atoms with Crippen LogP contribution in [0.5, 0.6) is 0 Å². The van der Waals surface area contributed by atoms with Gasteiger partial charge in [-0.15, -0.1) is 0 Å². The minimum atomic E-state index is 0.174. The summed E-state index contributed by atoms with van der Waals surface area (Å²) in [5, 5.41) is 5.33. The van der Waals surface area contributed by atoms with Crippen molar-refractivity contribution in [2.75, 3.05) is 12.4 Å². The molecule has 1 unspecified atom stereocenters. The Hall–Kier alpha value is -0.810. The number of thiazole rings is 1. The van der Waals surface area contributed by atoms with Gasteiger partial charge in [-0.05, 0) is 37.5 Å². The Kier molecular flexibility index (Phi) is 4.17. The van der Waals surface area contributed by atoms with Crippen molar-refractivity contribution in [3.05, 3.63) is 38.8 Å². The number of hydrogen-bond acceptors (Lipinski definition) is 4. The number of benzene rings is 1. The number of rotatable bonds is 3. The van der Waals surface area contributed by atoms with E-state index < -0.39 is 0 Å². The van der Waals surface area contributed by atoms with Gasteiger partial charge < -0.3 is 10.1 Å². The fraction of sp³-hybridized carbons (Fsp3) is 0.357. The highest BCUT2D eigenvalue weighted by Crippen LogP contribution is 2.39. The summed E-state index contributed by atoms with van der Waals surface area (Å²) in [4.78, 5) is 5.87. The van der Waals surface area contributed by atoms with Crippen molar-refractivity contribution in [2.45, 2.75) is 25.4 Å². The van der Waals surface area contributed by atoms with E-state index in [-0.39, 0.29) is 6.10 Å². The molecule has 1 aliphatic carbocycles. The van der Waals surface area contributed by atoms with Gasteiger partial charge >= 0.3 is 0 Å². The number of ether oxygens (including phenoxy) is 1. The van der Waals surface area contributed by atoms with Crippen molar-refractivity contribution in [2.24, 2.45) is 0 Å². The van der Waals surface area contributed by atoms with Gasteiger partial charge in [-0.1, -0.05) is 34.5 Å². The number of nitrogens with zero attached hydrogens (tertiary/aromatic N) is 1. The third kappa shape index (κ3) is 2.79. The summed E-state index contributed by atoms with van der Waals surface area (Å²) in [6.45, 7) is 0. The summed E-state index contributed by atoms with van der Waals surface area (Å²) in [6.07, 6.45) is 3.37. The molecule has 3 nitrogen and oxygen atoms in total. The zero-order valence-corrected chi connectivity index (χ0v) is 13.3. The molecular weight excluding hydrogens is 315 g/mol. The molecule has 106 valence electrons. The average Bonchev–Trinajstić information content (AvgIpc) is 2.84. The van der Waals surface area contributed by atoms with Gasteiger partial charge in [0.15, 0.2) is 5.13 Å². The summed E-state index contributed by atoms with van der Waals surface area (Å²) in [5.74, 6) is 0. The molecule has 1 N–H and O–H groups in total. The molecule has 3 rings (SSSR count). The number of hydrogen-bond donors (Lipinski definition) is 1. The van der Waals surface area contributed by atoms with Crippen molar-refractivity contribution >= 4 is 45.4 Å². The molecule has 0 spiro atoms. The number of fused-ring (bicyclic) bond motifs is 1. The molecule has 0 amide bonds. The van der Waals surface area contributed by atoms with E-state index in [0.717, 1.165) is 35.8 Å². The van der Waals surface area contributed by atoms with Gasteiger partial charge in [-0.25, -0.2) is 4.98 Å². The molecule has 0 bridgehead atoms. The van der Waals surface area contributed by atoms with Crippen molar-refractivity contribution in [3.8, 4) is 0 Å². The fourth-order valence-electron chi connectivity index (χ4n) is 2.36. The van der Waals surface area contributed by atoms with Crippen LogP contribution in [-0.2, 0) is 11.2 Å². The quantitative estimate of drug-likeness (QED) is 0.838. The van der Waals surface area contributed by atoms with E-state index in [2.05, 4.69) is 10.3 Å². The van der Waals surface area contributed by atoms with Crippen LogP contribution in [0, 0.1) is 0 Å². The van der Waals surface area contributed by atoms with Crippen LogP contribution in [0.25, 0.3) is 0 Å². The molecule has 0 saturated heterocycles. The molecule has 1 heterocycles. The van der Waals surface area contributed by atoms with Crippen molar-refractivity contribution < 1.29 is 4.74 Å². The number of halogens is 2. The molecule has 6 heteroatoms. The maximum absolute atomic E-state index is 6.17. The zero-order chi connectivity index (χ0) is 14.1. The second-order valence-corrected chi connectivity index (χ2v) is 6.57. The molecule has 0 radical (unpaired) electrons. The van der Waals surface area contributed by atoms with Crippen LogP contribution in [0.1, 0.15) is 29.5 Å². The van der Waals surface area contributed by atoms with Crippen LogP contribution < -0.4 is 5.32 Å². The van der Waals surface area contributed by atoms with Crippen LogP contribution in [0.3, 0.4) is 0 Å². The van der Waals surface area contributed by atoms with E-state index in [1.54, 1.807) is 30.6 Å². The van der Waals surface area contributed by atoms with E-state index in [1.165, 1.54) is 4.88 Å². The van der Waals surface area contributed by atoms with E-state index in [4.69, 9.17) is 27.9 Å². The largest absolute Gasteiger partial charge is 0.376 e. The Labute approximate surface area is 131 Å². The summed E-state index contributed by atoms with van der Waals surface area (Å²) in [5.41, 5.74) is 1.96. The van der Waals surface area contributed by atoms with Crippen LogP contribution in [-0.4, -0.2) is 12.1 Å². The van der Waals surface area contributed by atoms with Gasteiger partial charge in [-0.2, -0.15) is 0 Å². The van der Waals surface area contributed by atoms with Crippen molar-refractivity contribution in [1.29, 1.82) is 0 Å². The third-order valence-electron chi connectivity index (χ3n) is 3.36. The number of nitrogens with one attached hydrogen (secondary N) is 1. The topological polar surface area (TPSA) is 34.1 Å². The smallest absolute Gasteiger partial charge is 0.187 e. The number of methoxy groups -OCH3 is 1. The highest BCUT2D eigenvalue weighted by atomic mass is 35.5. The molecule has 1 aromatic carbocycles. The summed E-state index contributed by atoms with van der Waals surface area (Å²) < 4.78 is 5.52. The van der Waals surface area contributed by atoms with Crippen LogP contribution in [0.2, 0.25) is 10.0 Å². The Morgan fingerprint density at radius 3 is 3.00 bits per heavy atom. The maximum atomic E-state index is 6.17.